The summed E-state index contributed by atoms with van der Waals surface area (Å²) in [6, 6.07) is 4.17. The van der Waals surface area contributed by atoms with E-state index in [-0.39, 0.29) is 6.61 Å². The number of aliphatic hydroxyl groups excluding tert-OH is 1. The zero-order chi connectivity index (χ0) is 13.7. The first-order valence-electron chi connectivity index (χ1n) is 6.25. The van der Waals surface area contributed by atoms with Crippen molar-refractivity contribution in [3.05, 3.63) is 46.4 Å². The van der Waals surface area contributed by atoms with Crippen LogP contribution in [0.15, 0.2) is 30.3 Å². The normalized spacial score (nSPS) is 11.1. The van der Waals surface area contributed by atoms with Crippen LogP contribution in [0.25, 0.3) is 6.20 Å². The molecule has 5 heteroatoms. The van der Waals surface area contributed by atoms with E-state index >= 15 is 0 Å². The van der Waals surface area contributed by atoms with E-state index in [1.165, 1.54) is 10.4 Å². The lowest BCUT2D eigenvalue weighted by Crippen LogP contribution is -2.25. The quantitative estimate of drug-likeness (QED) is 0.844. The van der Waals surface area contributed by atoms with Crippen molar-refractivity contribution in [3.8, 4) is 0 Å². The molecule has 0 unspecified atom stereocenters. The molecule has 4 nitrogen and oxygen atoms in total. The van der Waals surface area contributed by atoms with Gasteiger partial charge < -0.3 is 5.11 Å². The molecule has 0 fully saturated rings. The average molecular weight is 277 g/mol. The second-order valence-electron chi connectivity index (χ2n) is 4.40. The van der Waals surface area contributed by atoms with Crippen LogP contribution >= 0.6 is 11.3 Å². The molecule has 0 aliphatic carbocycles. The van der Waals surface area contributed by atoms with E-state index in [0.717, 1.165) is 18.8 Å². The van der Waals surface area contributed by atoms with Gasteiger partial charge in [-0.25, -0.2) is 4.68 Å². The highest BCUT2D eigenvalue weighted by Crippen LogP contribution is 2.16. The van der Waals surface area contributed by atoms with E-state index in [1.54, 1.807) is 22.2 Å². The maximum atomic E-state index is 9.19. The van der Waals surface area contributed by atoms with Gasteiger partial charge in [0.05, 0.1) is 12.8 Å². The highest BCUT2D eigenvalue weighted by atomic mass is 32.1. The van der Waals surface area contributed by atoms with E-state index in [2.05, 4.69) is 34.1 Å². The highest BCUT2D eigenvalue weighted by molar-refractivity contribution is 7.09. The second-order valence-corrected chi connectivity index (χ2v) is 5.43. The molecule has 0 aliphatic heterocycles. The van der Waals surface area contributed by atoms with Gasteiger partial charge in [0.1, 0.15) is 0 Å². The monoisotopic (exact) mass is 277 g/mol. The SMILES string of the molecule is C=Cn1ncc(CN(CCO)Cc2cccs2)c1C. The van der Waals surface area contributed by atoms with Gasteiger partial charge in [-0.1, -0.05) is 12.6 Å². The summed E-state index contributed by atoms with van der Waals surface area (Å²) in [5.74, 6) is 0. The van der Waals surface area contributed by atoms with Crippen LogP contribution in [0.5, 0.6) is 0 Å². The summed E-state index contributed by atoms with van der Waals surface area (Å²) in [4.78, 5) is 3.53. The summed E-state index contributed by atoms with van der Waals surface area (Å²) < 4.78 is 1.78. The molecule has 2 heterocycles. The lowest BCUT2D eigenvalue weighted by molar-refractivity contribution is 0.185. The number of aromatic nitrogens is 2. The Morgan fingerprint density at radius 1 is 1.53 bits per heavy atom. The summed E-state index contributed by atoms with van der Waals surface area (Å²) in [5.41, 5.74) is 2.27. The van der Waals surface area contributed by atoms with Gasteiger partial charge in [-0.05, 0) is 18.4 Å². The van der Waals surface area contributed by atoms with Gasteiger partial charge in [-0.3, -0.25) is 4.90 Å². The van der Waals surface area contributed by atoms with Crippen molar-refractivity contribution in [1.29, 1.82) is 0 Å². The molecular weight excluding hydrogens is 258 g/mol. The maximum Gasteiger partial charge on any atom is 0.0558 e. The largest absolute Gasteiger partial charge is 0.395 e. The van der Waals surface area contributed by atoms with Gasteiger partial charge in [-0.15, -0.1) is 11.3 Å². The summed E-state index contributed by atoms with van der Waals surface area (Å²) in [6.07, 6.45) is 3.57. The zero-order valence-electron chi connectivity index (χ0n) is 11.1. The predicted molar refractivity (Wildman–Crippen MR) is 78.9 cm³/mol. The Hall–Kier alpha value is -1.43. The molecule has 19 heavy (non-hydrogen) atoms. The molecular formula is C14H19N3OS. The van der Waals surface area contributed by atoms with Crippen LogP contribution in [-0.2, 0) is 13.1 Å². The summed E-state index contributed by atoms with van der Waals surface area (Å²) in [7, 11) is 0. The van der Waals surface area contributed by atoms with E-state index in [9.17, 15) is 5.11 Å². The minimum atomic E-state index is 0.167. The summed E-state index contributed by atoms with van der Waals surface area (Å²) >= 11 is 1.74. The summed E-state index contributed by atoms with van der Waals surface area (Å²) in [5, 5.41) is 15.5. The number of thiophene rings is 1. The van der Waals surface area contributed by atoms with Crippen LogP contribution in [0.3, 0.4) is 0 Å². The fourth-order valence-corrected chi connectivity index (χ4v) is 2.76. The highest BCUT2D eigenvalue weighted by Gasteiger charge is 2.11. The van der Waals surface area contributed by atoms with Crippen molar-refractivity contribution in [2.75, 3.05) is 13.2 Å². The Morgan fingerprint density at radius 3 is 2.95 bits per heavy atom. The number of hydrogen-bond donors (Lipinski definition) is 1. The third-order valence-corrected chi connectivity index (χ3v) is 3.95. The Bertz CT molecular complexity index is 519. The molecule has 1 N–H and O–H groups in total. The van der Waals surface area contributed by atoms with Gasteiger partial charge in [0, 0.05) is 42.0 Å². The van der Waals surface area contributed by atoms with E-state index < -0.39 is 0 Å². The molecule has 0 radical (unpaired) electrons. The fourth-order valence-electron chi connectivity index (χ4n) is 2.02. The Labute approximate surface area is 117 Å². The number of rotatable bonds is 7. The molecule has 2 rings (SSSR count). The molecule has 0 spiro atoms. The topological polar surface area (TPSA) is 41.3 Å². The number of nitrogens with zero attached hydrogens (tertiary/aromatic N) is 3. The van der Waals surface area contributed by atoms with Gasteiger partial charge in [0.25, 0.3) is 0 Å². The molecule has 2 aromatic rings. The average Bonchev–Trinajstić information content (AvgIpc) is 3.01. The van der Waals surface area contributed by atoms with Gasteiger partial charge in [0.15, 0.2) is 0 Å². The molecule has 102 valence electrons. The van der Waals surface area contributed by atoms with Crippen LogP contribution in [-0.4, -0.2) is 32.9 Å². The molecule has 0 atom stereocenters. The van der Waals surface area contributed by atoms with Crippen molar-refractivity contribution in [2.24, 2.45) is 0 Å². The molecule has 0 bridgehead atoms. The van der Waals surface area contributed by atoms with E-state index in [4.69, 9.17) is 0 Å². The molecule has 0 saturated carbocycles. The second kappa shape index (κ2) is 6.65. The Morgan fingerprint density at radius 2 is 2.37 bits per heavy atom. The standard InChI is InChI=1S/C14H19N3OS/c1-3-17-12(2)13(9-15-17)10-16(6-7-18)11-14-5-4-8-19-14/h3-5,8-9,18H,1,6-7,10-11H2,2H3. The first-order valence-corrected chi connectivity index (χ1v) is 7.13. The van der Waals surface area contributed by atoms with Crippen LogP contribution in [0, 0.1) is 6.92 Å². The van der Waals surface area contributed by atoms with Gasteiger partial charge in [-0.2, -0.15) is 5.10 Å². The molecule has 2 aromatic heterocycles. The summed E-state index contributed by atoms with van der Waals surface area (Å²) in [6.45, 7) is 8.24. The minimum absolute atomic E-state index is 0.167. The van der Waals surface area contributed by atoms with Crippen LogP contribution in [0.4, 0.5) is 0 Å². The van der Waals surface area contributed by atoms with Gasteiger partial charge >= 0.3 is 0 Å². The first kappa shape index (κ1) is 14.0. The Kier molecular flexibility index (Phi) is 4.90. The lowest BCUT2D eigenvalue weighted by Gasteiger charge is -2.20. The van der Waals surface area contributed by atoms with Crippen LogP contribution in [0.2, 0.25) is 0 Å². The zero-order valence-corrected chi connectivity index (χ0v) is 11.9. The van der Waals surface area contributed by atoms with Crippen molar-refractivity contribution in [3.63, 3.8) is 0 Å². The minimum Gasteiger partial charge on any atom is -0.395 e. The lowest BCUT2D eigenvalue weighted by atomic mass is 10.2. The number of aliphatic hydroxyl groups is 1. The molecule has 0 amide bonds. The smallest absolute Gasteiger partial charge is 0.0558 e. The first-order chi connectivity index (χ1) is 9.24. The third kappa shape index (κ3) is 3.53. The Balaban J connectivity index is 2.07. The van der Waals surface area contributed by atoms with Crippen molar-refractivity contribution in [1.82, 2.24) is 14.7 Å². The van der Waals surface area contributed by atoms with E-state index in [0.29, 0.717) is 6.54 Å². The number of hydrogen-bond acceptors (Lipinski definition) is 4. The van der Waals surface area contributed by atoms with Crippen molar-refractivity contribution >= 4 is 17.5 Å². The molecule has 0 aromatic carbocycles. The third-order valence-electron chi connectivity index (χ3n) is 3.09. The van der Waals surface area contributed by atoms with Crippen LogP contribution in [0.1, 0.15) is 16.1 Å². The van der Waals surface area contributed by atoms with E-state index in [1.807, 2.05) is 13.1 Å². The van der Waals surface area contributed by atoms with Crippen molar-refractivity contribution < 1.29 is 5.11 Å². The van der Waals surface area contributed by atoms with Gasteiger partial charge in [0.2, 0.25) is 0 Å². The predicted octanol–water partition coefficient (Wildman–Crippen LogP) is 2.35. The molecule has 0 saturated heterocycles. The van der Waals surface area contributed by atoms with Crippen LogP contribution < -0.4 is 0 Å². The molecule has 0 aliphatic rings. The fraction of sp³-hybridized carbons (Fsp3) is 0.357. The maximum absolute atomic E-state index is 9.19. The van der Waals surface area contributed by atoms with Crippen molar-refractivity contribution in [2.45, 2.75) is 20.0 Å².